The Kier molecular flexibility index (Phi) is 6.45. The van der Waals surface area contributed by atoms with Gasteiger partial charge in [0.1, 0.15) is 0 Å². The van der Waals surface area contributed by atoms with Crippen LogP contribution in [-0.2, 0) is 18.5 Å². The fraction of sp³-hybridized carbons (Fsp3) is 0.591. The zero-order valence-electron chi connectivity index (χ0n) is 17.3. The molecule has 0 radical (unpaired) electrons. The van der Waals surface area contributed by atoms with Crippen molar-refractivity contribution < 1.29 is 9.69 Å². The average molecular weight is 415 g/mol. The fourth-order valence-electron chi connectivity index (χ4n) is 4.62. The second-order valence-electron chi connectivity index (χ2n) is 8.45. The summed E-state index contributed by atoms with van der Waals surface area (Å²) in [6, 6.07) is 10.2. The van der Waals surface area contributed by atoms with Crippen LogP contribution in [0, 0.1) is 10.7 Å². The molecule has 3 heterocycles. The van der Waals surface area contributed by atoms with E-state index in [0.29, 0.717) is 5.91 Å². The predicted molar refractivity (Wildman–Crippen MR) is 116 cm³/mol. The summed E-state index contributed by atoms with van der Waals surface area (Å²) in [6.45, 7) is 4.69. The van der Waals surface area contributed by atoms with Gasteiger partial charge in [0.25, 0.3) is 0 Å². The first-order valence-corrected chi connectivity index (χ1v) is 11.4. The van der Waals surface area contributed by atoms with Gasteiger partial charge in [-0.15, -0.1) is 5.10 Å². The quantitative estimate of drug-likeness (QED) is 0.781. The second-order valence-corrected chi connectivity index (χ2v) is 8.82. The first kappa shape index (κ1) is 20.3. The van der Waals surface area contributed by atoms with Crippen molar-refractivity contribution in [2.75, 3.05) is 26.2 Å². The van der Waals surface area contributed by atoms with Crippen molar-refractivity contribution in [1.82, 2.24) is 19.2 Å². The summed E-state index contributed by atoms with van der Waals surface area (Å²) in [7, 11) is 1.98. The fourth-order valence-corrected chi connectivity index (χ4v) is 4.81. The van der Waals surface area contributed by atoms with Gasteiger partial charge < -0.3 is 14.4 Å². The number of nitrogens with one attached hydrogen (secondary N) is 1. The number of aromatic nitrogens is 3. The lowest BCUT2D eigenvalue weighted by Crippen LogP contribution is -3.12. The van der Waals surface area contributed by atoms with Crippen molar-refractivity contribution in [2.24, 2.45) is 13.0 Å². The molecule has 2 aromatic rings. The summed E-state index contributed by atoms with van der Waals surface area (Å²) >= 11 is 5.63. The molecule has 2 aliphatic heterocycles. The Bertz CT molecular complexity index is 874. The van der Waals surface area contributed by atoms with E-state index in [1.807, 2.05) is 34.5 Å². The van der Waals surface area contributed by atoms with Crippen LogP contribution in [0.25, 0.3) is 11.4 Å². The molecule has 0 spiro atoms. The zero-order valence-corrected chi connectivity index (χ0v) is 18.2. The number of amides is 1. The minimum absolute atomic E-state index is 0.202. The van der Waals surface area contributed by atoms with Crippen molar-refractivity contribution in [2.45, 2.75) is 45.2 Å². The number of carbonyl (C=O) groups excluding carboxylic acids is 1. The van der Waals surface area contributed by atoms with Crippen molar-refractivity contribution >= 4 is 18.1 Å². The molecule has 2 fully saturated rings. The summed E-state index contributed by atoms with van der Waals surface area (Å²) in [5.41, 5.74) is 1.08. The number of likely N-dealkylation sites (tertiary alicyclic amines) is 2. The molecule has 0 saturated carbocycles. The van der Waals surface area contributed by atoms with Gasteiger partial charge in [-0.2, -0.15) is 4.68 Å². The Morgan fingerprint density at radius 1 is 1.10 bits per heavy atom. The van der Waals surface area contributed by atoms with Crippen molar-refractivity contribution in [1.29, 1.82) is 0 Å². The minimum Gasteiger partial charge on any atom is -0.342 e. The van der Waals surface area contributed by atoms with Gasteiger partial charge in [0.05, 0.1) is 13.1 Å². The van der Waals surface area contributed by atoms with Gasteiger partial charge in [-0.05, 0) is 25.1 Å². The maximum absolute atomic E-state index is 12.9. The van der Waals surface area contributed by atoms with Crippen LogP contribution in [0.1, 0.15) is 38.5 Å². The molecule has 29 heavy (non-hydrogen) atoms. The zero-order chi connectivity index (χ0) is 20.2. The van der Waals surface area contributed by atoms with Crippen molar-refractivity contribution in [3.8, 4) is 11.4 Å². The highest BCUT2D eigenvalue weighted by molar-refractivity contribution is 7.71. The molecule has 1 amide bonds. The Labute approximate surface area is 178 Å². The third kappa shape index (κ3) is 4.61. The molecule has 0 unspecified atom stereocenters. The molecular weight excluding hydrogens is 382 g/mol. The Balaban J connectivity index is 1.36. The van der Waals surface area contributed by atoms with E-state index in [9.17, 15) is 4.79 Å². The second kappa shape index (κ2) is 9.22. The standard InChI is InChI=1S/C22H31N5OS/c1-24-20(18-9-5-4-6-10-18)23-27(22(24)29)17-25-15-11-19(12-16-25)21(28)26-13-7-2-3-8-14-26/h4-6,9-10,19H,2-3,7-8,11-17H2,1H3/p+1. The maximum atomic E-state index is 12.9. The highest BCUT2D eigenvalue weighted by atomic mass is 32.1. The highest BCUT2D eigenvalue weighted by Crippen LogP contribution is 2.18. The maximum Gasteiger partial charge on any atom is 0.226 e. The SMILES string of the molecule is Cn1c(-c2ccccc2)nn(C[NH+]2CCC(C(=O)N3CCCCCC3)CC2)c1=S. The van der Waals surface area contributed by atoms with Crippen LogP contribution in [0.5, 0.6) is 0 Å². The lowest BCUT2D eigenvalue weighted by atomic mass is 9.95. The Hall–Kier alpha value is -1.99. The molecule has 1 N–H and O–H groups in total. The van der Waals surface area contributed by atoms with Gasteiger partial charge >= 0.3 is 0 Å². The molecule has 4 rings (SSSR count). The van der Waals surface area contributed by atoms with Gasteiger partial charge in [0, 0.05) is 44.5 Å². The molecule has 2 saturated heterocycles. The van der Waals surface area contributed by atoms with E-state index in [2.05, 4.69) is 17.0 Å². The van der Waals surface area contributed by atoms with Crippen LogP contribution in [0.15, 0.2) is 30.3 Å². The molecule has 0 bridgehead atoms. The van der Waals surface area contributed by atoms with Gasteiger partial charge in [-0.3, -0.25) is 4.79 Å². The molecule has 7 heteroatoms. The third-order valence-electron chi connectivity index (χ3n) is 6.41. The topological polar surface area (TPSA) is 47.5 Å². The highest BCUT2D eigenvalue weighted by Gasteiger charge is 2.31. The van der Waals surface area contributed by atoms with Crippen LogP contribution < -0.4 is 4.90 Å². The van der Waals surface area contributed by atoms with E-state index < -0.39 is 0 Å². The first-order valence-electron chi connectivity index (χ1n) is 10.9. The van der Waals surface area contributed by atoms with Crippen LogP contribution in [0.4, 0.5) is 0 Å². The molecule has 0 aliphatic carbocycles. The largest absolute Gasteiger partial charge is 0.342 e. The molecule has 0 atom stereocenters. The first-order chi connectivity index (χ1) is 14.1. The summed E-state index contributed by atoms with van der Waals surface area (Å²) in [6.07, 6.45) is 6.80. The monoisotopic (exact) mass is 414 g/mol. The lowest BCUT2D eigenvalue weighted by Gasteiger charge is -2.31. The van der Waals surface area contributed by atoms with E-state index in [1.165, 1.54) is 17.7 Å². The van der Waals surface area contributed by atoms with E-state index in [1.54, 1.807) is 0 Å². The van der Waals surface area contributed by atoms with Crippen LogP contribution in [0.2, 0.25) is 0 Å². The molecule has 2 aliphatic rings. The van der Waals surface area contributed by atoms with E-state index in [4.69, 9.17) is 17.3 Å². The lowest BCUT2D eigenvalue weighted by molar-refractivity contribution is -0.929. The average Bonchev–Trinajstić information content (AvgIpc) is 2.95. The Morgan fingerprint density at radius 3 is 2.41 bits per heavy atom. The molecule has 6 nitrogen and oxygen atoms in total. The van der Waals surface area contributed by atoms with Crippen LogP contribution in [0.3, 0.4) is 0 Å². The number of quaternary nitrogens is 1. The number of piperidine rings is 1. The number of rotatable bonds is 4. The van der Waals surface area contributed by atoms with Crippen LogP contribution in [-0.4, -0.2) is 51.3 Å². The minimum atomic E-state index is 0.202. The molecule has 1 aromatic carbocycles. The van der Waals surface area contributed by atoms with Crippen LogP contribution >= 0.6 is 12.2 Å². The van der Waals surface area contributed by atoms with Gasteiger partial charge in [-0.1, -0.05) is 43.2 Å². The van der Waals surface area contributed by atoms with Gasteiger partial charge in [0.2, 0.25) is 10.7 Å². The summed E-state index contributed by atoms with van der Waals surface area (Å²) in [5.74, 6) is 1.50. The summed E-state index contributed by atoms with van der Waals surface area (Å²) in [4.78, 5) is 16.5. The molecule has 156 valence electrons. The van der Waals surface area contributed by atoms with Gasteiger partial charge in [-0.25, -0.2) is 0 Å². The van der Waals surface area contributed by atoms with E-state index in [-0.39, 0.29) is 5.92 Å². The normalized spacial score (nSPS) is 23.0. The van der Waals surface area contributed by atoms with Crippen molar-refractivity contribution in [3.63, 3.8) is 0 Å². The summed E-state index contributed by atoms with van der Waals surface area (Å²) < 4.78 is 4.68. The van der Waals surface area contributed by atoms with Gasteiger partial charge in [0.15, 0.2) is 12.5 Å². The number of nitrogens with zero attached hydrogens (tertiary/aromatic N) is 4. The third-order valence-corrected chi connectivity index (χ3v) is 6.89. The smallest absolute Gasteiger partial charge is 0.226 e. The van der Waals surface area contributed by atoms with E-state index >= 15 is 0 Å². The molecular formula is C22H32N5OS+. The van der Waals surface area contributed by atoms with Crippen molar-refractivity contribution in [3.05, 3.63) is 35.1 Å². The number of benzene rings is 1. The predicted octanol–water partition coefficient (Wildman–Crippen LogP) is 2.27. The molecule has 1 aromatic heterocycles. The number of carbonyl (C=O) groups is 1. The number of hydrogen-bond acceptors (Lipinski definition) is 3. The Morgan fingerprint density at radius 2 is 1.76 bits per heavy atom. The van der Waals surface area contributed by atoms with E-state index in [0.717, 1.165) is 74.7 Å². The summed E-state index contributed by atoms with van der Waals surface area (Å²) in [5, 5.41) is 4.79. The number of hydrogen-bond donors (Lipinski definition) is 1.